The van der Waals surface area contributed by atoms with Gasteiger partial charge in [0.25, 0.3) is 0 Å². The van der Waals surface area contributed by atoms with Crippen LogP contribution >= 0.6 is 11.8 Å². The maximum Gasteiger partial charge on any atom is 0.151 e. The van der Waals surface area contributed by atoms with Crippen LogP contribution in [0.2, 0.25) is 0 Å². The second-order valence-corrected chi connectivity index (χ2v) is 7.35. The number of nitrogens with zero attached hydrogens (tertiary/aromatic N) is 3. The number of aromatic nitrogens is 3. The third kappa shape index (κ3) is 4.63. The zero-order valence-corrected chi connectivity index (χ0v) is 15.6. The molecule has 0 saturated carbocycles. The number of pyridine rings is 1. The summed E-state index contributed by atoms with van der Waals surface area (Å²) < 4.78 is 2.38. The van der Waals surface area contributed by atoms with Crippen LogP contribution in [0.4, 0.5) is 5.82 Å². The first-order chi connectivity index (χ1) is 11.2. The largest absolute Gasteiger partial charge is 0.382 e. The van der Waals surface area contributed by atoms with E-state index in [4.69, 9.17) is 10.7 Å². The van der Waals surface area contributed by atoms with Crippen LogP contribution in [0.3, 0.4) is 0 Å². The molecule has 4 nitrogen and oxygen atoms in total. The summed E-state index contributed by atoms with van der Waals surface area (Å²) in [4.78, 5) is 9.03. The van der Waals surface area contributed by atoms with Gasteiger partial charge in [-0.15, -0.1) is 0 Å². The van der Waals surface area contributed by atoms with Crippen molar-refractivity contribution < 1.29 is 0 Å². The van der Waals surface area contributed by atoms with Gasteiger partial charge in [-0.05, 0) is 49.7 Å². The van der Waals surface area contributed by atoms with Crippen molar-refractivity contribution in [2.75, 3.05) is 17.2 Å². The predicted molar refractivity (Wildman–Crippen MR) is 102 cm³/mol. The minimum absolute atomic E-state index is 0.553. The molecule has 2 aromatic heterocycles. The summed E-state index contributed by atoms with van der Waals surface area (Å²) in [6, 6.07) is 0. The molecule has 0 aliphatic heterocycles. The highest BCUT2D eigenvalue weighted by Crippen LogP contribution is 2.25. The summed E-state index contributed by atoms with van der Waals surface area (Å²) in [7, 11) is 0. The Hall–Kier alpha value is -1.23. The summed E-state index contributed by atoms with van der Waals surface area (Å²) in [5, 5.41) is 0. The number of nitrogens with two attached hydrogens (primary N) is 1. The van der Waals surface area contributed by atoms with E-state index in [9.17, 15) is 0 Å². The zero-order valence-electron chi connectivity index (χ0n) is 14.8. The van der Waals surface area contributed by atoms with E-state index >= 15 is 0 Å². The summed E-state index contributed by atoms with van der Waals surface area (Å²) in [6.07, 6.45) is 9.06. The van der Waals surface area contributed by atoms with Gasteiger partial charge in [0.05, 0.1) is 5.52 Å². The topological polar surface area (TPSA) is 56.7 Å². The minimum Gasteiger partial charge on any atom is -0.382 e. The second kappa shape index (κ2) is 9.16. The third-order valence-corrected chi connectivity index (χ3v) is 5.25. The van der Waals surface area contributed by atoms with Gasteiger partial charge in [-0.1, -0.05) is 20.3 Å². The lowest BCUT2D eigenvalue weighted by atomic mass is 10.2. The summed E-state index contributed by atoms with van der Waals surface area (Å²) in [5.74, 6) is 4.27. The molecule has 0 radical (unpaired) electrons. The number of unbranched alkanes of at least 4 members (excludes halogenated alkanes) is 2. The van der Waals surface area contributed by atoms with E-state index in [2.05, 4.69) is 42.1 Å². The smallest absolute Gasteiger partial charge is 0.151 e. The monoisotopic (exact) mass is 334 g/mol. The molecule has 0 fully saturated rings. The van der Waals surface area contributed by atoms with Gasteiger partial charge in [0, 0.05) is 19.2 Å². The van der Waals surface area contributed by atoms with Crippen molar-refractivity contribution >= 4 is 28.6 Å². The second-order valence-electron chi connectivity index (χ2n) is 6.13. The number of fused-ring (bicyclic) bond motifs is 1. The molecular weight excluding hydrogens is 304 g/mol. The molecule has 0 aliphatic carbocycles. The highest BCUT2D eigenvalue weighted by atomic mass is 32.2. The van der Waals surface area contributed by atoms with Gasteiger partial charge in [-0.2, -0.15) is 11.8 Å². The number of hydrogen-bond donors (Lipinski definition) is 1. The molecule has 2 N–H and O–H groups in total. The fraction of sp³-hybridized carbons (Fsp3) is 0.667. The van der Waals surface area contributed by atoms with Crippen LogP contribution in [0.1, 0.15) is 57.3 Å². The highest BCUT2D eigenvalue weighted by Gasteiger charge is 2.14. The maximum atomic E-state index is 6.04. The van der Waals surface area contributed by atoms with E-state index in [0.29, 0.717) is 5.82 Å². The van der Waals surface area contributed by atoms with Gasteiger partial charge in [0.1, 0.15) is 11.3 Å². The first kappa shape index (κ1) is 18.1. The van der Waals surface area contributed by atoms with E-state index < -0.39 is 0 Å². The lowest BCUT2D eigenvalue weighted by Gasteiger charge is -2.10. The first-order valence-corrected chi connectivity index (χ1v) is 10.0. The van der Waals surface area contributed by atoms with Gasteiger partial charge in [0.2, 0.25) is 0 Å². The Morgan fingerprint density at radius 3 is 2.65 bits per heavy atom. The standard InChI is InChI=1S/C18H30N4S/c1-4-6-11-23-12-8-7-10-22-15(9-5-2)21-16-17(22)14(3)13-20-18(16)19/h13H,4-12H2,1-3H3,(H2,19,20). The molecule has 0 unspecified atom stereocenters. The molecule has 5 heteroatoms. The van der Waals surface area contributed by atoms with Crippen molar-refractivity contribution in [1.82, 2.24) is 14.5 Å². The van der Waals surface area contributed by atoms with E-state index in [1.807, 2.05) is 6.20 Å². The number of hydrogen-bond acceptors (Lipinski definition) is 4. The molecule has 2 heterocycles. The predicted octanol–water partition coefficient (Wildman–Crippen LogP) is 4.59. The van der Waals surface area contributed by atoms with Crippen LogP contribution in [0.15, 0.2) is 6.20 Å². The fourth-order valence-electron chi connectivity index (χ4n) is 2.84. The van der Waals surface area contributed by atoms with Crippen molar-refractivity contribution in [1.29, 1.82) is 0 Å². The Morgan fingerprint density at radius 2 is 1.91 bits per heavy atom. The molecule has 23 heavy (non-hydrogen) atoms. The molecule has 2 rings (SSSR count). The minimum atomic E-state index is 0.553. The number of nitrogen functional groups attached to an aromatic ring is 1. The SMILES string of the molecule is CCCCSCCCCn1c(CCC)nc2c(N)ncc(C)c21. The maximum absolute atomic E-state index is 6.04. The van der Waals surface area contributed by atoms with Crippen LogP contribution in [-0.2, 0) is 13.0 Å². The number of rotatable bonds is 10. The normalized spacial score (nSPS) is 11.4. The molecule has 0 aliphatic rings. The van der Waals surface area contributed by atoms with E-state index in [-0.39, 0.29) is 0 Å². The number of aryl methyl sites for hydroxylation is 3. The fourth-order valence-corrected chi connectivity index (χ4v) is 3.95. The Balaban J connectivity index is 2.06. The van der Waals surface area contributed by atoms with Gasteiger partial charge < -0.3 is 10.3 Å². The molecule has 0 amide bonds. The molecule has 2 aromatic rings. The van der Waals surface area contributed by atoms with Gasteiger partial charge in [-0.25, -0.2) is 9.97 Å². The zero-order chi connectivity index (χ0) is 16.7. The lowest BCUT2D eigenvalue weighted by Crippen LogP contribution is -2.05. The Bertz CT molecular complexity index is 621. The van der Waals surface area contributed by atoms with E-state index in [1.54, 1.807) is 0 Å². The van der Waals surface area contributed by atoms with Crippen LogP contribution in [0, 0.1) is 6.92 Å². The van der Waals surface area contributed by atoms with Crippen molar-refractivity contribution in [3.05, 3.63) is 17.6 Å². The Labute approximate surface area is 144 Å². The van der Waals surface area contributed by atoms with E-state index in [0.717, 1.165) is 30.7 Å². The third-order valence-electron chi connectivity index (χ3n) is 4.10. The first-order valence-electron chi connectivity index (χ1n) is 8.86. The number of imidazole rings is 1. The average molecular weight is 335 g/mol. The van der Waals surface area contributed by atoms with E-state index in [1.165, 1.54) is 48.3 Å². The van der Waals surface area contributed by atoms with Crippen molar-refractivity contribution in [2.45, 2.75) is 65.8 Å². The summed E-state index contributed by atoms with van der Waals surface area (Å²) in [6.45, 7) is 7.58. The quantitative estimate of drug-likeness (QED) is 0.646. The van der Waals surface area contributed by atoms with Crippen LogP contribution < -0.4 is 5.73 Å². The van der Waals surface area contributed by atoms with Gasteiger partial charge >= 0.3 is 0 Å². The summed E-state index contributed by atoms with van der Waals surface area (Å²) >= 11 is 2.08. The lowest BCUT2D eigenvalue weighted by molar-refractivity contribution is 0.613. The molecule has 0 saturated heterocycles. The van der Waals surface area contributed by atoms with Crippen molar-refractivity contribution in [3.8, 4) is 0 Å². The Kier molecular flexibility index (Phi) is 7.21. The van der Waals surface area contributed by atoms with Crippen molar-refractivity contribution in [3.63, 3.8) is 0 Å². The Morgan fingerprint density at radius 1 is 1.13 bits per heavy atom. The van der Waals surface area contributed by atoms with Crippen LogP contribution in [0.5, 0.6) is 0 Å². The van der Waals surface area contributed by atoms with Crippen molar-refractivity contribution in [2.24, 2.45) is 0 Å². The molecule has 128 valence electrons. The number of anilines is 1. The van der Waals surface area contributed by atoms with Crippen LogP contribution in [0.25, 0.3) is 11.0 Å². The molecule has 0 atom stereocenters. The number of thioether (sulfide) groups is 1. The molecular formula is C18H30N4S. The van der Waals surface area contributed by atoms with Gasteiger partial charge in [0.15, 0.2) is 5.82 Å². The highest BCUT2D eigenvalue weighted by molar-refractivity contribution is 7.99. The molecule has 0 spiro atoms. The summed E-state index contributed by atoms with van der Waals surface area (Å²) in [5.41, 5.74) is 9.26. The van der Waals surface area contributed by atoms with Gasteiger partial charge in [-0.3, -0.25) is 0 Å². The molecule has 0 aromatic carbocycles. The average Bonchev–Trinajstić information content (AvgIpc) is 2.90. The molecule has 0 bridgehead atoms. The van der Waals surface area contributed by atoms with Crippen LogP contribution in [-0.4, -0.2) is 26.0 Å².